The molecular formula is C23H29N5O2. The number of aliphatic hydroxyl groups excluding tert-OH is 1. The second-order valence-corrected chi connectivity index (χ2v) is 8.71. The van der Waals surface area contributed by atoms with E-state index in [1.807, 2.05) is 33.9 Å². The molecule has 7 heteroatoms. The van der Waals surface area contributed by atoms with Gasteiger partial charge < -0.3 is 19.1 Å². The number of benzene rings is 1. The summed E-state index contributed by atoms with van der Waals surface area (Å²) >= 11 is 0. The van der Waals surface area contributed by atoms with Crippen LogP contribution in [0.15, 0.2) is 43.0 Å². The van der Waals surface area contributed by atoms with Crippen molar-refractivity contribution in [3.05, 3.63) is 48.8 Å². The average molecular weight is 408 g/mol. The molecule has 1 amide bonds. The first-order valence-electron chi connectivity index (χ1n) is 11.0. The van der Waals surface area contributed by atoms with Crippen LogP contribution in [0.4, 0.5) is 0 Å². The third-order valence-electron chi connectivity index (χ3n) is 6.97. The summed E-state index contributed by atoms with van der Waals surface area (Å²) in [6.07, 6.45) is 8.08. The molecule has 1 saturated heterocycles. The molecule has 3 aromatic rings. The fourth-order valence-electron chi connectivity index (χ4n) is 5.41. The molecule has 1 aromatic carbocycles. The molecule has 0 unspecified atom stereocenters. The number of aliphatic hydroxyl groups is 1. The van der Waals surface area contributed by atoms with Crippen LogP contribution >= 0.6 is 0 Å². The molecule has 7 nitrogen and oxygen atoms in total. The zero-order valence-corrected chi connectivity index (χ0v) is 17.4. The Morgan fingerprint density at radius 1 is 1.20 bits per heavy atom. The lowest BCUT2D eigenvalue weighted by molar-refractivity contribution is -0.130. The van der Waals surface area contributed by atoms with Crippen LogP contribution < -0.4 is 0 Å². The number of aryl methyl sites for hydroxylation is 2. The van der Waals surface area contributed by atoms with E-state index in [1.165, 1.54) is 0 Å². The van der Waals surface area contributed by atoms with E-state index in [2.05, 4.69) is 22.5 Å². The standard InChI is InChI=1S/C23H29N5O2/c1-2-22-25-18-5-3-4-6-19(18)28(22)9-7-23(30)27-13-16-11-20(26-10-8-24-15-26)21(29)12-17(16)14-27/h3-6,8,10,15-17,20-21,29H,2,7,9,11-14H2,1H3/t16-,17+,20-,21-/m1/s1. The van der Waals surface area contributed by atoms with Gasteiger partial charge in [0.25, 0.3) is 0 Å². The van der Waals surface area contributed by atoms with Crippen molar-refractivity contribution in [2.24, 2.45) is 11.8 Å². The van der Waals surface area contributed by atoms with Gasteiger partial charge in [0.1, 0.15) is 5.82 Å². The molecule has 0 radical (unpaired) electrons. The van der Waals surface area contributed by atoms with Gasteiger partial charge in [0.05, 0.1) is 29.5 Å². The first-order chi connectivity index (χ1) is 14.6. The van der Waals surface area contributed by atoms with Crippen LogP contribution in [0.5, 0.6) is 0 Å². The van der Waals surface area contributed by atoms with Crippen LogP contribution in [0.2, 0.25) is 0 Å². The van der Waals surface area contributed by atoms with E-state index in [9.17, 15) is 9.90 Å². The molecule has 0 spiro atoms. The molecule has 2 aliphatic rings. The third-order valence-corrected chi connectivity index (χ3v) is 6.97. The van der Waals surface area contributed by atoms with Crippen LogP contribution in [0.3, 0.4) is 0 Å². The van der Waals surface area contributed by atoms with Crippen molar-refractivity contribution in [3.8, 4) is 0 Å². The van der Waals surface area contributed by atoms with Crippen molar-refractivity contribution in [2.75, 3.05) is 13.1 Å². The van der Waals surface area contributed by atoms with Crippen LogP contribution in [0, 0.1) is 11.8 Å². The van der Waals surface area contributed by atoms with E-state index in [4.69, 9.17) is 4.98 Å². The predicted molar refractivity (Wildman–Crippen MR) is 114 cm³/mol. The monoisotopic (exact) mass is 407 g/mol. The lowest BCUT2D eigenvalue weighted by atomic mass is 9.77. The average Bonchev–Trinajstić information content (AvgIpc) is 3.49. The van der Waals surface area contributed by atoms with Gasteiger partial charge >= 0.3 is 0 Å². The fourth-order valence-corrected chi connectivity index (χ4v) is 5.41. The van der Waals surface area contributed by atoms with Gasteiger partial charge in [0.2, 0.25) is 5.91 Å². The quantitative estimate of drug-likeness (QED) is 0.706. The number of fused-ring (bicyclic) bond motifs is 2. The van der Waals surface area contributed by atoms with Crippen molar-refractivity contribution in [1.82, 2.24) is 24.0 Å². The summed E-state index contributed by atoms with van der Waals surface area (Å²) in [6, 6.07) is 8.19. The highest BCUT2D eigenvalue weighted by Crippen LogP contribution is 2.41. The van der Waals surface area contributed by atoms with Gasteiger partial charge in [-0.25, -0.2) is 9.97 Å². The van der Waals surface area contributed by atoms with Crippen molar-refractivity contribution in [1.29, 1.82) is 0 Å². The Kier molecular flexibility index (Phi) is 5.06. The molecule has 1 saturated carbocycles. The highest BCUT2D eigenvalue weighted by atomic mass is 16.3. The minimum atomic E-state index is -0.375. The van der Waals surface area contributed by atoms with Crippen LogP contribution in [0.1, 0.15) is 38.1 Å². The van der Waals surface area contributed by atoms with Crippen molar-refractivity contribution >= 4 is 16.9 Å². The van der Waals surface area contributed by atoms with E-state index in [0.29, 0.717) is 24.8 Å². The SMILES string of the molecule is CCc1nc2ccccc2n1CCC(=O)N1C[C@H]2C[C@@H](n3ccnc3)[C@H](O)C[C@H]2C1. The molecule has 4 atom stereocenters. The molecule has 1 aliphatic carbocycles. The van der Waals surface area contributed by atoms with Gasteiger partial charge in [-0.15, -0.1) is 0 Å². The number of hydrogen-bond acceptors (Lipinski definition) is 4. The van der Waals surface area contributed by atoms with Crippen molar-refractivity contribution in [3.63, 3.8) is 0 Å². The number of imidazole rings is 2. The van der Waals surface area contributed by atoms with Gasteiger partial charge in [0, 0.05) is 44.9 Å². The van der Waals surface area contributed by atoms with Crippen LogP contribution in [0.25, 0.3) is 11.0 Å². The van der Waals surface area contributed by atoms with E-state index >= 15 is 0 Å². The second kappa shape index (κ2) is 7.87. The maximum Gasteiger partial charge on any atom is 0.224 e. The number of para-hydroxylation sites is 2. The summed E-state index contributed by atoms with van der Waals surface area (Å²) in [7, 11) is 0. The highest BCUT2D eigenvalue weighted by Gasteiger charge is 2.43. The van der Waals surface area contributed by atoms with Gasteiger partial charge in [-0.05, 0) is 36.8 Å². The summed E-state index contributed by atoms with van der Waals surface area (Å²) in [5.74, 6) is 2.08. The lowest BCUT2D eigenvalue weighted by Crippen LogP contribution is -2.35. The largest absolute Gasteiger partial charge is 0.391 e. The van der Waals surface area contributed by atoms with Crippen LogP contribution in [-0.2, 0) is 17.8 Å². The number of aromatic nitrogens is 4. The van der Waals surface area contributed by atoms with Gasteiger partial charge in [-0.1, -0.05) is 19.1 Å². The lowest BCUT2D eigenvalue weighted by Gasteiger charge is -2.35. The number of nitrogens with zero attached hydrogens (tertiary/aromatic N) is 5. The Labute approximate surface area is 176 Å². The summed E-state index contributed by atoms with van der Waals surface area (Å²) in [4.78, 5) is 23.9. The molecule has 30 heavy (non-hydrogen) atoms. The fraction of sp³-hybridized carbons (Fsp3) is 0.522. The number of likely N-dealkylation sites (tertiary alicyclic amines) is 1. The predicted octanol–water partition coefficient (Wildman–Crippen LogP) is 2.66. The highest BCUT2D eigenvalue weighted by molar-refractivity contribution is 5.78. The number of rotatable bonds is 5. The third kappa shape index (κ3) is 3.41. The molecule has 0 bridgehead atoms. The smallest absolute Gasteiger partial charge is 0.224 e. The topological polar surface area (TPSA) is 76.2 Å². The summed E-state index contributed by atoms with van der Waals surface area (Å²) in [6.45, 7) is 4.33. The van der Waals surface area contributed by atoms with Crippen LogP contribution in [-0.4, -0.2) is 54.2 Å². The van der Waals surface area contributed by atoms with Crippen molar-refractivity contribution < 1.29 is 9.90 Å². The summed E-state index contributed by atoms with van der Waals surface area (Å²) in [5.41, 5.74) is 2.09. The molecule has 5 rings (SSSR count). The molecular weight excluding hydrogens is 378 g/mol. The maximum atomic E-state index is 13.0. The maximum absolute atomic E-state index is 13.0. The summed E-state index contributed by atoms with van der Waals surface area (Å²) in [5, 5.41) is 10.6. The summed E-state index contributed by atoms with van der Waals surface area (Å²) < 4.78 is 4.21. The van der Waals surface area contributed by atoms with E-state index < -0.39 is 0 Å². The van der Waals surface area contributed by atoms with E-state index in [-0.39, 0.29) is 18.1 Å². The molecule has 3 heterocycles. The number of hydrogen-bond donors (Lipinski definition) is 1. The Hall–Kier alpha value is -2.67. The zero-order chi connectivity index (χ0) is 20.7. The molecule has 1 N–H and O–H groups in total. The van der Waals surface area contributed by atoms with E-state index in [0.717, 1.165) is 49.2 Å². The molecule has 2 fully saturated rings. The first kappa shape index (κ1) is 19.3. The van der Waals surface area contributed by atoms with Gasteiger partial charge in [-0.3, -0.25) is 4.79 Å². The zero-order valence-electron chi connectivity index (χ0n) is 17.4. The minimum absolute atomic E-state index is 0.0632. The minimum Gasteiger partial charge on any atom is -0.391 e. The van der Waals surface area contributed by atoms with Gasteiger partial charge in [-0.2, -0.15) is 0 Å². The Morgan fingerprint density at radius 3 is 2.77 bits per heavy atom. The number of carbonyl (C=O) groups is 1. The van der Waals surface area contributed by atoms with E-state index in [1.54, 1.807) is 12.5 Å². The Bertz CT molecular complexity index is 1030. The molecule has 158 valence electrons. The Morgan fingerprint density at radius 2 is 2.00 bits per heavy atom. The van der Waals surface area contributed by atoms with Crippen molar-refractivity contribution in [2.45, 2.75) is 51.3 Å². The molecule has 1 aliphatic heterocycles. The van der Waals surface area contributed by atoms with Gasteiger partial charge in [0.15, 0.2) is 0 Å². The second-order valence-electron chi connectivity index (χ2n) is 8.71. The molecule has 2 aromatic heterocycles. The normalized spacial score (nSPS) is 26.3. The number of amides is 1. The number of carbonyl (C=O) groups excluding carboxylic acids is 1. The first-order valence-corrected chi connectivity index (χ1v) is 11.0. The Balaban J connectivity index is 1.24.